The predicted molar refractivity (Wildman–Crippen MR) is 330 cm³/mol. The topological polar surface area (TPSA) is 158 Å². The maximum Gasteiger partial charge on any atom is 0.316 e. The van der Waals surface area contributed by atoms with Gasteiger partial charge in [0.1, 0.15) is 34.5 Å². The average Bonchev–Trinajstić information content (AvgIpc) is 3.53. The Balaban J connectivity index is 0.000000431. The molecule has 448 valence electrons. The van der Waals surface area contributed by atoms with E-state index in [0.29, 0.717) is 51.2 Å². The summed E-state index contributed by atoms with van der Waals surface area (Å²) in [5, 5.41) is 0. The normalized spacial score (nSPS) is 12.8. The van der Waals surface area contributed by atoms with Crippen LogP contribution in [0.1, 0.15) is 233 Å². The van der Waals surface area contributed by atoms with Crippen LogP contribution < -0.4 is 28.4 Å². The fourth-order valence-electron chi connectivity index (χ4n) is 7.87. The monoisotopic (exact) mass is 1130 g/mol. The minimum absolute atomic E-state index is 0.207. The molecule has 12 heteroatoms. The molecule has 0 amide bonds. The zero-order chi connectivity index (χ0) is 63.1. The fraction of sp³-hybridized carbons (Fsp3) is 0.514. The van der Waals surface area contributed by atoms with Gasteiger partial charge in [-0.15, -0.1) is 0 Å². The van der Waals surface area contributed by atoms with Crippen molar-refractivity contribution in [3.8, 4) is 34.5 Å². The largest absolute Gasteiger partial charge is 0.496 e. The first-order valence-corrected chi connectivity index (χ1v) is 28.3. The number of carbonyl (C=O) groups excluding carboxylic acids is 6. The summed E-state index contributed by atoms with van der Waals surface area (Å²) >= 11 is 0. The molecule has 0 aliphatic heterocycles. The SMILES string of the molecule is CCC(C)(C)c1cc(C=CC(=O)c2ccc(OC(=O)C(C)(C)C)cc2)c(OC)c(C(C)(C)CC)c1OC(=O)C(C)(C)C.COc1c(C=CC(=O)c2ccc(OC(=O)C(C)(C)C)cc2)cc(C(C)(C)C)c(OC(=O)C(C)(C)C)c1C(C)(C)C. The molecular weight excluding hydrogens is 1030 g/mol. The molecule has 0 radical (unpaired) electrons. The van der Waals surface area contributed by atoms with Crippen molar-refractivity contribution >= 4 is 47.6 Å². The Morgan fingerprint density at radius 3 is 0.976 bits per heavy atom. The van der Waals surface area contributed by atoms with Gasteiger partial charge in [-0.1, -0.05) is 83.1 Å². The molecule has 4 rings (SSSR count). The van der Waals surface area contributed by atoms with Crippen molar-refractivity contribution in [2.75, 3.05) is 14.2 Å². The number of ether oxygens (including phenoxy) is 6. The van der Waals surface area contributed by atoms with Crippen LogP contribution in [0, 0.1) is 21.7 Å². The van der Waals surface area contributed by atoms with Crippen LogP contribution in [0.15, 0.2) is 72.8 Å². The maximum absolute atomic E-state index is 13.2. The molecule has 0 aliphatic carbocycles. The smallest absolute Gasteiger partial charge is 0.316 e. The number of ketones is 2. The van der Waals surface area contributed by atoms with Crippen LogP contribution in [0.4, 0.5) is 0 Å². The van der Waals surface area contributed by atoms with Crippen LogP contribution in [-0.2, 0) is 40.8 Å². The Bertz CT molecular complexity index is 3030. The van der Waals surface area contributed by atoms with Crippen molar-refractivity contribution in [2.45, 2.75) is 201 Å². The Hall–Kier alpha value is -6.82. The number of rotatable bonds is 16. The zero-order valence-corrected chi connectivity index (χ0v) is 54.4. The summed E-state index contributed by atoms with van der Waals surface area (Å²) in [6, 6.07) is 16.9. The van der Waals surface area contributed by atoms with E-state index in [1.54, 1.807) is 116 Å². The second kappa shape index (κ2) is 26.2. The molecule has 0 saturated heterocycles. The molecule has 0 aromatic heterocycles. The van der Waals surface area contributed by atoms with E-state index in [9.17, 15) is 28.8 Å². The molecule has 0 spiro atoms. The van der Waals surface area contributed by atoms with E-state index in [0.717, 1.165) is 40.7 Å². The summed E-state index contributed by atoms with van der Waals surface area (Å²) in [4.78, 5) is 76.9. The third kappa shape index (κ3) is 18.1. The Morgan fingerprint density at radius 1 is 0.378 bits per heavy atom. The van der Waals surface area contributed by atoms with Crippen LogP contribution in [0.2, 0.25) is 0 Å². The molecule has 0 aliphatic rings. The van der Waals surface area contributed by atoms with E-state index in [-0.39, 0.29) is 46.3 Å². The second-order valence-corrected chi connectivity index (χ2v) is 28.5. The van der Waals surface area contributed by atoms with Gasteiger partial charge < -0.3 is 28.4 Å². The fourth-order valence-corrected chi connectivity index (χ4v) is 7.87. The molecule has 0 bridgehead atoms. The van der Waals surface area contributed by atoms with Crippen LogP contribution >= 0.6 is 0 Å². The standard InChI is InChI=1S/C36H50O6.C34H46O6/c1-14-35(9,10)26-22-24(18-21-27(37)23-16-19-25(20-17-23)41-31(38)33(3,4)5)29(40-13)28(36(11,12)15-2)30(26)42-32(39)34(6,7)8;1-31(2,3)24-20-22(27(38-13)26(32(4,5)6)28(24)40-30(37)34(10,11)12)16-19-25(35)21-14-17-23(18-15-21)39-29(36)33(7,8)9/h16-22H,14-15H2,1-13H3;14-20H,1-13H3. The van der Waals surface area contributed by atoms with Crippen molar-refractivity contribution in [2.24, 2.45) is 21.7 Å². The lowest BCUT2D eigenvalue weighted by molar-refractivity contribution is -0.143. The summed E-state index contributed by atoms with van der Waals surface area (Å²) in [6.07, 6.45) is 8.07. The highest BCUT2D eigenvalue weighted by Gasteiger charge is 2.39. The number of hydrogen-bond acceptors (Lipinski definition) is 12. The number of esters is 4. The minimum atomic E-state index is -0.694. The van der Waals surface area contributed by atoms with E-state index in [2.05, 4.69) is 62.3 Å². The van der Waals surface area contributed by atoms with E-state index < -0.39 is 32.5 Å². The predicted octanol–water partition coefficient (Wildman–Crippen LogP) is 17.0. The van der Waals surface area contributed by atoms with Gasteiger partial charge in [0.2, 0.25) is 0 Å². The van der Waals surface area contributed by atoms with E-state index in [1.165, 1.54) is 12.2 Å². The van der Waals surface area contributed by atoms with E-state index in [1.807, 2.05) is 74.4 Å². The molecule has 4 aromatic rings. The Labute approximate surface area is 491 Å². The third-order valence-electron chi connectivity index (χ3n) is 14.0. The molecular formula is C70H96O12. The number of benzene rings is 4. The molecule has 4 aromatic carbocycles. The van der Waals surface area contributed by atoms with Gasteiger partial charge in [0.05, 0.1) is 35.9 Å². The number of allylic oxidation sites excluding steroid dienone is 2. The molecule has 0 saturated carbocycles. The van der Waals surface area contributed by atoms with Crippen molar-refractivity contribution in [1.82, 2.24) is 0 Å². The van der Waals surface area contributed by atoms with Crippen LogP contribution in [0.25, 0.3) is 12.2 Å². The first-order valence-electron chi connectivity index (χ1n) is 28.3. The zero-order valence-electron chi connectivity index (χ0n) is 54.4. The highest BCUT2D eigenvalue weighted by molar-refractivity contribution is 6.08. The Kier molecular flexibility index (Phi) is 22.2. The first-order chi connectivity index (χ1) is 37.3. The quantitative estimate of drug-likeness (QED) is 0.0453. The summed E-state index contributed by atoms with van der Waals surface area (Å²) < 4.78 is 35.0. The van der Waals surface area contributed by atoms with Gasteiger partial charge in [0.25, 0.3) is 0 Å². The van der Waals surface area contributed by atoms with Crippen molar-refractivity contribution in [3.05, 3.63) is 117 Å². The average molecular weight is 1130 g/mol. The van der Waals surface area contributed by atoms with Gasteiger partial charge in [-0.2, -0.15) is 0 Å². The first kappa shape index (κ1) is 69.4. The summed E-state index contributed by atoms with van der Waals surface area (Å²) in [5.74, 6) is 1.16. The summed E-state index contributed by atoms with van der Waals surface area (Å²) in [7, 11) is 3.18. The van der Waals surface area contributed by atoms with Crippen molar-refractivity contribution in [3.63, 3.8) is 0 Å². The van der Waals surface area contributed by atoms with Gasteiger partial charge in [-0.05, 0) is 203 Å². The molecule has 0 N–H and O–H groups in total. The Morgan fingerprint density at radius 2 is 0.683 bits per heavy atom. The highest BCUT2D eigenvalue weighted by atomic mass is 16.6. The summed E-state index contributed by atoms with van der Waals surface area (Å²) in [5.41, 5.74) is 1.46. The van der Waals surface area contributed by atoms with Crippen LogP contribution in [-0.4, -0.2) is 49.7 Å². The van der Waals surface area contributed by atoms with Gasteiger partial charge in [-0.3, -0.25) is 28.8 Å². The third-order valence-corrected chi connectivity index (χ3v) is 14.0. The lowest BCUT2D eigenvalue weighted by Gasteiger charge is -2.35. The second-order valence-electron chi connectivity index (χ2n) is 28.5. The maximum atomic E-state index is 13.2. The van der Waals surface area contributed by atoms with Gasteiger partial charge >= 0.3 is 23.9 Å². The molecule has 82 heavy (non-hydrogen) atoms. The molecule has 0 atom stereocenters. The summed E-state index contributed by atoms with van der Waals surface area (Å²) in [6.45, 7) is 46.6. The highest BCUT2D eigenvalue weighted by Crippen LogP contribution is 2.51. The number of hydrogen-bond donors (Lipinski definition) is 0. The van der Waals surface area contributed by atoms with Crippen molar-refractivity contribution < 1.29 is 57.2 Å². The lowest BCUT2D eigenvalue weighted by atomic mass is 9.74. The minimum Gasteiger partial charge on any atom is -0.496 e. The van der Waals surface area contributed by atoms with Gasteiger partial charge in [0.15, 0.2) is 11.6 Å². The lowest BCUT2D eigenvalue weighted by Crippen LogP contribution is -2.30. The molecule has 0 unspecified atom stereocenters. The van der Waals surface area contributed by atoms with E-state index >= 15 is 0 Å². The van der Waals surface area contributed by atoms with Crippen LogP contribution in [0.3, 0.4) is 0 Å². The number of methoxy groups -OCH3 is 2. The van der Waals surface area contributed by atoms with Crippen molar-refractivity contribution in [1.29, 1.82) is 0 Å². The molecule has 12 nitrogen and oxygen atoms in total. The van der Waals surface area contributed by atoms with Crippen LogP contribution in [0.5, 0.6) is 34.5 Å². The van der Waals surface area contributed by atoms with E-state index in [4.69, 9.17) is 28.4 Å². The van der Waals surface area contributed by atoms with Gasteiger partial charge in [-0.25, -0.2) is 0 Å². The molecule has 0 fully saturated rings. The number of carbonyl (C=O) groups is 6. The molecule has 0 heterocycles. The van der Waals surface area contributed by atoms with Gasteiger partial charge in [0, 0.05) is 44.5 Å².